The van der Waals surface area contributed by atoms with Gasteiger partial charge in [-0.3, -0.25) is 4.79 Å². The van der Waals surface area contributed by atoms with E-state index >= 15 is 0 Å². The minimum absolute atomic E-state index is 0.0773. The van der Waals surface area contributed by atoms with Crippen LogP contribution in [0.5, 0.6) is 11.5 Å². The van der Waals surface area contributed by atoms with Gasteiger partial charge in [-0.15, -0.1) is 0 Å². The Morgan fingerprint density at radius 3 is 2.61 bits per heavy atom. The van der Waals surface area contributed by atoms with Crippen LogP contribution in [0.1, 0.15) is 31.2 Å². The number of carboxylic acids is 1. The average Bonchev–Trinajstić information content (AvgIpc) is 2.83. The van der Waals surface area contributed by atoms with Crippen molar-refractivity contribution in [2.45, 2.75) is 38.2 Å². The van der Waals surface area contributed by atoms with Gasteiger partial charge in [-0.25, -0.2) is 0 Å². The lowest BCUT2D eigenvalue weighted by molar-refractivity contribution is -0.136. The highest BCUT2D eigenvalue weighted by atomic mass is 16.5. The number of aliphatic carboxylic acids is 1. The van der Waals surface area contributed by atoms with Gasteiger partial charge in [-0.05, 0) is 37.8 Å². The van der Waals surface area contributed by atoms with E-state index in [9.17, 15) is 4.79 Å². The summed E-state index contributed by atoms with van der Waals surface area (Å²) in [6, 6.07) is 5.41. The highest BCUT2D eigenvalue weighted by Gasteiger charge is 2.20. The lowest BCUT2D eigenvalue weighted by Gasteiger charge is -2.17. The van der Waals surface area contributed by atoms with Crippen molar-refractivity contribution in [2.75, 3.05) is 7.11 Å². The minimum atomic E-state index is -0.879. The molecule has 1 aromatic rings. The van der Waals surface area contributed by atoms with Gasteiger partial charge >= 0.3 is 5.97 Å². The summed E-state index contributed by atoms with van der Waals surface area (Å²) in [7, 11) is 1.54. The summed E-state index contributed by atoms with van der Waals surface area (Å²) in [4.78, 5) is 10.9. The summed E-state index contributed by atoms with van der Waals surface area (Å²) in [5.74, 6) is 0.340. The molecule has 2 rings (SSSR count). The number of ether oxygens (including phenoxy) is 2. The van der Waals surface area contributed by atoms with Gasteiger partial charge in [0.2, 0.25) is 0 Å². The maximum Gasteiger partial charge on any atom is 0.308 e. The van der Waals surface area contributed by atoms with Crippen molar-refractivity contribution in [1.29, 1.82) is 0 Å². The maximum absolute atomic E-state index is 10.9. The maximum atomic E-state index is 10.9. The van der Waals surface area contributed by atoms with Gasteiger partial charge in [-0.2, -0.15) is 0 Å². The molecule has 18 heavy (non-hydrogen) atoms. The van der Waals surface area contributed by atoms with Crippen LogP contribution in [0.25, 0.3) is 0 Å². The molecule has 1 aliphatic rings. The van der Waals surface area contributed by atoms with Crippen LogP contribution in [0.4, 0.5) is 0 Å². The van der Waals surface area contributed by atoms with Crippen molar-refractivity contribution in [3.8, 4) is 11.5 Å². The molecule has 1 aliphatic carbocycles. The Bertz CT molecular complexity index is 422. The van der Waals surface area contributed by atoms with Crippen LogP contribution in [0.3, 0.4) is 0 Å². The van der Waals surface area contributed by atoms with Gasteiger partial charge in [-0.1, -0.05) is 6.07 Å². The fourth-order valence-electron chi connectivity index (χ4n) is 2.36. The second-order valence-corrected chi connectivity index (χ2v) is 4.53. The van der Waals surface area contributed by atoms with Gasteiger partial charge < -0.3 is 14.6 Å². The van der Waals surface area contributed by atoms with Crippen molar-refractivity contribution >= 4 is 5.97 Å². The Balaban J connectivity index is 2.23. The largest absolute Gasteiger partial charge is 0.496 e. The van der Waals surface area contributed by atoms with Crippen LogP contribution in [0, 0.1) is 0 Å². The third-order valence-electron chi connectivity index (χ3n) is 3.23. The molecule has 4 nitrogen and oxygen atoms in total. The second-order valence-electron chi connectivity index (χ2n) is 4.53. The summed E-state index contributed by atoms with van der Waals surface area (Å²) < 4.78 is 11.1. The van der Waals surface area contributed by atoms with Crippen molar-refractivity contribution in [3.05, 3.63) is 23.8 Å². The zero-order valence-electron chi connectivity index (χ0n) is 10.5. The molecule has 0 radical (unpaired) electrons. The molecule has 0 aromatic heterocycles. The third-order valence-corrected chi connectivity index (χ3v) is 3.23. The topological polar surface area (TPSA) is 55.8 Å². The van der Waals surface area contributed by atoms with E-state index in [4.69, 9.17) is 14.6 Å². The van der Waals surface area contributed by atoms with E-state index in [2.05, 4.69) is 0 Å². The summed E-state index contributed by atoms with van der Waals surface area (Å²) >= 11 is 0. The highest BCUT2D eigenvalue weighted by Crippen LogP contribution is 2.32. The number of rotatable bonds is 5. The molecule has 0 spiro atoms. The monoisotopic (exact) mass is 250 g/mol. The first-order valence-electron chi connectivity index (χ1n) is 6.25. The smallest absolute Gasteiger partial charge is 0.308 e. The van der Waals surface area contributed by atoms with Crippen LogP contribution < -0.4 is 9.47 Å². The number of carboxylic acid groups (broad SMARTS) is 1. The fraction of sp³-hybridized carbons (Fsp3) is 0.500. The number of hydrogen-bond donors (Lipinski definition) is 1. The van der Waals surface area contributed by atoms with E-state index in [1.807, 2.05) is 12.1 Å². The first-order chi connectivity index (χ1) is 8.70. The fourth-order valence-corrected chi connectivity index (χ4v) is 2.36. The van der Waals surface area contributed by atoms with Gasteiger partial charge in [0.15, 0.2) is 0 Å². The van der Waals surface area contributed by atoms with E-state index < -0.39 is 5.97 Å². The van der Waals surface area contributed by atoms with Crippen molar-refractivity contribution < 1.29 is 19.4 Å². The SMILES string of the molecule is COc1cccc(OC2CCCC2)c1CC(=O)O. The second kappa shape index (κ2) is 5.76. The Morgan fingerprint density at radius 2 is 2.00 bits per heavy atom. The van der Waals surface area contributed by atoms with E-state index in [1.54, 1.807) is 13.2 Å². The molecule has 0 amide bonds. The molecule has 0 unspecified atom stereocenters. The number of carbonyl (C=O) groups is 1. The molecule has 1 N–H and O–H groups in total. The Kier molecular flexibility index (Phi) is 4.07. The molecule has 0 bridgehead atoms. The molecular formula is C14H18O4. The van der Waals surface area contributed by atoms with Crippen LogP contribution in [-0.2, 0) is 11.2 Å². The molecule has 0 aliphatic heterocycles. The standard InChI is InChI=1S/C14H18O4/c1-17-12-7-4-8-13(11(12)9-14(15)16)18-10-5-2-3-6-10/h4,7-8,10H,2-3,5-6,9H2,1H3,(H,15,16). The predicted octanol–water partition coefficient (Wildman–Crippen LogP) is 2.64. The van der Waals surface area contributed by atoms with Crippen molar-refractivity contribution in [3.63, 3.8) is 0 Å². The Labute approximate surface area is 107 Å². The van der Waals surface area contributed by atoms with Gasteiger partial charge in [0, 0.05) is 5.56 Å². The zero-order chi connectivity index (χ0) is 13.0. The molecule has 98 valence electrons. The van der Waals surface area contributed by atoms with Crippen LogP contribution in [0.15, 0.2) is 18.2 Å². The third kappa shape index (κ3) is 2.94. The van der Waals surface area contributed by atoms with Crippen LogP contribution in [0.2, 0.25) is 0 Å². The highest BCUT2D eigenvalue weighted by molar-refractivity contribution is 5.72. The minimum Gasteiger partial charge on any atom is -0.496 e. The molecule has 0 atom stereocenters. The van der Waals surface area contributed by atoms with Crippen molar-refractivity contribution in [2.24, 2.45) is 0 Å². The summed E-state index contributed by atoms with van der Waals surface area (Å²) in [5, 5.41) is 8.96. The first-order valence-corrected chi connectivity index (χ1v) is 6.25. The summed E-state index contributed by atoms with van der Waals surface area (Å²) in [5.41, 5.74) is 0.624. The molecular weight excluding hydrogens is 232 g/mol. The molecule has 0 heterocycles. The average molecular weight is 250 g/mol. The summed E-state index contributed by atoms with van der Waals surface area (Å²) in [6.45, 7) is 0. The van der Waals surface area contributed by atoms with E-state index in [0.29, 0.717) is 17.1 Å². The quantitative estimate of drug-likeness (QED) is 0.872. The predicted molar refractivity (Wildman–Crippen MR) is 67.2 cm³/mol. The molecule has 4 heteroatoms. The van der Waals surface area contributed by atoms with Crippen LogP contribution in [-0.4, -0.2) is 24.3 Å². The number of methoxy groups -OCH3 is 1. The van der Waals surface area contributed by atoms with E-state index in [1.165, 1.54) is 12.8 Å². The van der Waals surface area contributed by atoms with E-state index in [0.717, 1.165) is 12.8 Å². The molecule has 1 saturated carbocycles. The van der Waals surface area contributed by atoms with Crippen molar-refractivity contribution in [1.82, 2.24) is 0 Å². The summed E-state index contributed by atoms with van der Waals surface area (Å²) in [6.07, 6.45) is 4.59. The van der Waals surface area contributed by atoms with Crippen LogP contribution >= 0.6 is 0 Å². The van der Waals surface area contributed by atoms with Gasteiger partial charge in [0.05, 0.1) is 19.6 Å². The lowest BCUT2D eigenvalue weighted by atomic mass is 10.1. The Morgan fingerprint density at radius 1 is 1.33 bits per heavy atom. The van der Waals surface area contributed by atoms with Gasteiger partial charge in [0.1, 0.15) is 11.5 Å². The molecule has 1 fully saturated rings. The lowest BCUT2D eigenvalue weighted by Crippen LogP contribution is -2.13. The molecule has 1 aromatic carbocycles. The zero-order valence-corrected chi connectivity index (χ0v) is 10.5. The first kappa shape index (κ1) is 12.7. The normalized spacial score (nSPS) is 15.6. The Hall–Kier alpha value is -1.71. The molecule has 0 saturated heterocycles. The number of benzene rings is 1. The van der Waals surface area contributed by atoms with Gasteiger partial charge in [0.25, 0.3) is 0 Å². The number of hydrogen-bond acceptors (Lipinski definition) is 3. The van der Waals surface area contributed by atoms with E-state index in [-0.39, 0.29) is 12.5 Å².